The van der Waals surface area contributed by atoms with Gasteiger partial charge in [-0.15, -0.1) is 0 Å². The number of nitrogens with one attached hydrogen (secondary N) is 2. The van der Waals surface area contributed by atoms with E-state index in [1.807, 2.05) is 0 Å². The molecule has 1 aromatic carbocycles. The minimum Gasteiger partial charge on any atom is -0.326 e. The van der Waals surface area contributed by atoms with Crippen molar-refractivity contribution in [1.29, 1.82) is 0 Å². The highest BCUT2D eigenvalue weighted by Crippen LogP contribution is 2.17. The van der Waals surface area contributed by atoms with Crippen LogP contribution in [0.1, 0.15) is 21.6 Å². The Labute approximate surface area is 103 Å². The second-order valence-corrected chi connectivity index (χ2v) is 3.88. The molecule has 5 nitrogen and oxygen atoms in total. The summed E-state index contributed by atoms with van der Waals surface area (Å²) < 4.78 is 13.6. The van der Waals surface area contributed by atoms with Crippen LogP contribution in [0.5, 0.6) is 0 Å². The SMILES string of the molecule is Cc1[nH]ncc1C(=O)Nc1ccc(CN)cc1F. The Balaban J connectivity index is 2.20. The standard InChI is InChI=1S/C12H13FN4O/c1-7-9(6-15-17-7)12(18)16-11-3-2-8(5-14)4-10(11)13/h2-4,6H,5,14H2,1H3,(H,15,17)(H,16,18). The third-order valence-electron chi connectivity index (χ3n) is 2.59. The molecule has 0 fully saturated rings. The van der Waals surface area contributed by atoms with Crippen LogP contribution >= 0.6 is 0 Å². The highest BCUT2D eigenvalue weighted by Gasteiger charge is 2.13. The molecule has 0 bridgehead atoms. The Kier molecular flexibility index (Phi) is 3.38. The summed E-state index contributed by atoms with van der Waals surface area (Å²) in [5.41, 5.74) is 7.21. The third-order valence-corrected chi connectivity index (χ3v) is 2.59. The fourth-order valence-corrected chi connectivity index (χ4v) is 1.56. The predicted octanol–water partition coefficient (Wildman–Crippen LogP) is 1.57. The number of halogens is 1. The van der Waals surface area contributed by atoms with E-state index in [4.69, 9.17) is 5.73 Å². The first-order chi connectivity index (χ1) is 8.61. The first-order valence-corrected chi connectivity index (χ1v) is 5.41. The number of nitrogens with zero attached hydrogens (tertiary/aromatic N) is 1. The van der Waals surface area contributed by atoms with Gasteiger partial charge in [0.2, 0.25) is 0 Å². The molecule has 0 atom stereocenters. The zero-order chi connectivity index (χ0) is 13.1. The van der Waals surface area contributed by atoms with Crippen LogP contribution in [0.25, 0.3) is 0 Å². The van der Waals surface area contributed by atoms with Crippen molar-refractivity contribution in [1.82, 2.24) is 10.2 Å². The van der Waals surface area contributed by atoms with Crippen molar-refractivity contribution in [2.24, 2.45) is 5.73 Å². The number of rotatable bonds is 3. The molecular formula is C12H13FN4O. The van der Waals surface area contributed by atoms with Crippen molar-refractivity contribution >= 4 is 11.6 Å². The maximum Gasteiger partial charge on any atom is 0.259 e. The first-order valence-electron chi connectivity index (χ1n) is 5.41. The summed E-state index contributed by atoms with van der Waals surface area (Å²) in [5.74, 6) is -0.909. The molecule has 0 radical (unpaired) electrons. The van der Waals surface area contributed by atoms with Crippen LogP contribution in [-0.4, -0.2) is 16.1 Å². The fourth-order valence-electron chi connectivity index (χ4n) is 1.56. The summed E-state index contributed by atoms with van der Waals surface area (Å²) in [7, 11) is 0. The van der Waals surface area contributed by atoms with Crippen molar-refractivity contribution in [3.63, 3.8) is 0 Å². The van der Waals surface area contributed by atoms with Gasteiger partial charge in [-0.05, 0) is 24.6 Å². The van der Waals surface area contributed by atoms with Gasteiger partial charge < -0.3 is 11.1 Å². The molecule has 0 aliphatic rings. The number of H-pyrrole nitrogens is 1. The average molecular weight is 248 g/mol. The Morgan fingerprint density at radius 2 is 2.33 bits per heavy atom. The highest BCUT2D eigenvalue weighted by atomic mass is 19.1. The number of aromatic amines is 1. The quantitative estimate of drug-likeness (QED) is 0.770. The molecule has 1 aromatic heterocycles. The van der Waals surface area contributed by atoms with E-state index < -0.39 is 11.7 Å². The fraction of sp³-hybridized carbons (Fsp3) is 0.167. The lowest BCUT2D eigenvalue weighted by Crippen LogP contribution is -2.13. The summed E-state index contributed by atoms with van der Waals surface area (Å²) in [4.78, 5) is 11.8. The monoisotopic (exact) mass is 248 g/mol. The minimum atomic E-state index is -0.507. The molecule has 1 amide bonds. The molecular weight excluding hydrogens is 235 g/mol. The Morgan fingerprint density at radius 1 is 1.56 bits per heavy atom. The molecule has 1 heterocycles. The average Bonchev–Trinajstić information content (AvgIpc) is 2.78. The zero-order valence-electron chi connectivity index (χ0n) is 9.83. The van der Waals surface area contributed by atoms with Gasteiger partial charge in [0.15, 0.2) is 0 Å². The topological polar surface area (TPSA) is 83.8 Å². The van der Waals surface area contributed by atoms with Gasteiger partial charge in [0.05, 0.1) is 17.4 Å². The summed E-state index contributed by atoms with van der Waals surface area (Å²) >= 11 is 0. The van der Waals surface area contributed by atoms with Crippen molar-refractivity contribution < 1.29 is 9.18 Å². The highest BCUT2D eigenvalue weighted by molar-refractivity contribution is 6.04. The lowest BCUT2D eigenvalue weighted by Gasteiger charge is -2.07. The van der Waals surface area contributed by atoms with E-state index in [1.54, 1.807) is 13.0 Å². The van der Waals surface area contributed by atoms with Crippen LogP contribution in [0.2, 0.25) is 0 Å². The molecule has 0 saturated carbocycles. The minimum absolute atomic E-state index is 0.123. The van der Waals surface area contributed by atoms with Gasteiger partial charge in [-0.1, -0.05) is 6.07 Å². The van der Waals surface area contributed by atoms with Gasteiger partial charge in [0, 0.05) is 12.2 Å². The van der Waals surface area contributed by atoms with E-state index in [0.29, 0.717) is 16.8 Å². The molecule has 0 aliphatic carbocycles. The van der Waals surface area contributed by atoms with Crippen LogP contribution in [0.3, 0.4) is 0 Å². The number of carbonyl (C=O) groups is 1. The smallest absolute Gasteiger partial charge is 0.259 e. The van der Waals surface area contributed by atoms with Crippen molar-refractivity contribution in [3.05, 3.63) is 47.0 Å². The molecule has 18 heavy (non-hydrogen) atoms. The van der Waals surface area contributed by atoms with Gasteiger partial charge in [-0.3, -0.25) is 9.89 Å². The molecule has 94 valence electrons. The van der Waals surface area contributed by atoms with Crippen LogP contribution in [0, 0.1) is 12.7 Å². The largest absolute Gasteiger partial charge is 0.326 e. The van der Waals surface area contributed by atoms with E-state index in [9.17, 15) is 9.18 Å². The summed E-state index contributed by atoms with van der Waals surface area (Å²) in [6.45, 7) is 1.97. The van der Waals surface area contributed by atoms with Gasteiger partial charge >= 0.3 is 0 Å². The van der Waals surface area contributed by atoms with Gasteiger partial charge in [0.25, 0.3) is 5.91 Å². The lowest BCUT2D eigenvalue weighted by atomic mass is 10.2. The number of hydrogen-bond acceptors (Lipinski definition) is 3. The van der Waals surface area contributed by atoms with Gasteiger partial charge in [-0.25, -0.2) is 4.39 Å². The van der Waals surface area contributed by atoms with Gasteiger partial charge in [0.1, 0.15) is 5.82 Å². The van der Waals surface area contributed by atoms with Crippen molar-refractivity contribution in [3.8, 4) is 0 Å². The van der Waals surface area contributed by atoms with Crippen LogP contribution in [-0.2, 0) is 6.54 Å². The maximum absolute atomic E-state index is 13.6. The van der Waals surface area contributed by atoms with E-state index in [0.717, 1.165) is 0 Å². The number of carbonyl (C=O) groups excluding carboxylic acids is 1. The molecule has 2 rings (SSSR count). The number of benzene rings is 1. The zero-order valence-corrected chi connectivity index (χ0v) is 9.83. The molecule has 0 saturated heterocycles. The number of anilines is 1. The molecule has 0 unspecified atom stereocenters. The second kappa shape index (κ2) is 4.97. The van der Waals surface area contributed by atoms with E-state index in [-0.39, 0.29) is 12.2 Å². The molecule has 2 aromatic rings. The first kappa shape index (κ1) is 12.3. The maximum atomic E-state index is 13.6. The van der Waals surface area contributed by atoms with Crippen molar-refractivity contribution in [2.75, 3.05) is 5.32 Å². The number of hydrogen-bond donors (Lipinski definition) is 3. The normalized spacial score (nSPS) is 10.4. The number of nitrogens with two attached hydrogens (primary N) is 1. The lowest BCUT2D eigenvalue weighted by molar-refractivity contribution is 0.102. The Morgan fingerprint density at radius 3 is 2.89 bits per heavy atom. The Bertz CT molecular complexity index is 579. The second-order valence-electron chi connectivity index (χ2n) is 3.88. The summed E-state index contributed by atoms with van der Waals surface area (Å²) in [6.07, 6.45) is 1.40. The molecule has 0 spiro atoms. The van der Waals surface area contributed by atoms with Crippen molar-refractivity contribution in [2.45, 2.75) is 13.5 Å². The van der Waals surface area contributed by atoms with Crippen LogP contribution < -0.4 is 11.1 Å². The number of amides is 1. The van der Waals surface area contributed by atoms with Crippen LogP contribution in [0.15, 0.2) is 24.4 Å². The molecule has 4 N–H and O–H groups in total. The Hall–Kier alpha value is -2.21. The van der Waals surface area contributed by atoms with E-state index in [1.165, 1.54) is 18.3 Å². The number of aromatic nitrogens is 2. The number of aryl methyl sites for hydroxylation is 1. The van der Waals surface area contributed by atoms with Crippen LogP contribution in [0.4, 0.5) is 10.1 Å². The third kappa shape index (κ3) is 2.38. The predicted molar refractivity (Wildman–Crippen MR) is 65.6 cm³/mol. The van der Waals surface area contributed by atoms with E-state index in [2.05, 4.69) is 15.5 Å². The summed E-state index contributed by atoms with van der Waals surface area (Å²) in [5, 5.41) is 8.88. The van der Waals surface area contributed by atoms with E-state index >= 15 is 0 Å². The summed E-state index contributed by atoms with van der Waals surface area (Å²) in [6, 6.07) is 4.46. The molecule has 6 heteroatoms. The molecule has 0 aliphatic heterocycles. The van der Waals surface area contributed by atoms with Gasteiger partial charge in [-0.2, -0.15) is 5.10 Å².